The summed E-state index contributed by atoms with van der Waals surface area (Å²) < 4.78 is 5.38. The number of ether oxygens (including phenoxy) is 1. The molecule has 0 radical (unpaired) electrons. The number of amides is 2. The first kappa shape index (κ1) is 18.2. The summed E-state index contributed by atoms with van der Waals surface area (Å²) in [6.45, 7) is 2.57. The van der Waals surface area contributed by atoms with Crippen LogP contribution in [0.25, 0.3) is 0 Å². The minimum absolute atomic E-state index is 0.0202. The van der Waals surface area contributed by atoms with Gasteiger partial charge in [0.05, 0.1) is 12.5 Å². The number of primary amides is 1. The highest BCUT2D eigenvalue weighted by Crippen LogP contribution is 2.15. The zero-order chi connectivity index (χ0) is 18.2. The van der Waals surface area contributed by atoms with Gasteiger partial charge in [0, 0.05) is 18.9 Å². The summed E-state index contributed by atoms with van der Waals surface area (Å²) in [5.41, 5.74) is 12.0. The van der Waals surface area contributed by atoms with Crippen LogP contribution in [0.5, 0.6) is 5.75 Å². The molecule has 0 unspecified atom stereocenters. The van der Waals surface area contributed by atoms with Gasteiger partial charge in [0.1, 0.15) is 5.75 Å². The minimum Gasteiger partial charge on any atom is -0.494 e. The number of benzene rings is 1. The average molecular weight is 343 g/mol. The molecular weight excluding hydrogens is 322 g/mol. The van der Waals surface area contributed by atoms with E-state index in [0.717, 1.165) is 11.3 Å². The Morgan fingerprint density at radius 1 is 1.20 bits per heavy atom. The van der Waals surface area contributed by atoms with Crippen molar-refractivity contribution >= 4 is 17.6 Å². The number of anilines is 1. The first-order valence-electron chi connectivity index (χ1n) is 7.87. The highest BCUT2D eigenvalue weighted by Gasteiger charge is 2.19. The van der Waals surface area contributed by atoms with Crippen LogP contribution in [0.4, 0.5) is 5.82 Å². The average Bonchev–Trinajstić information content (AvgIpc) is 2.60. The Kier molecular flexibility index (Phi) is 6.27. The van der Waals surface area contributed by atoms with E-state index in [1.807, 2.05) is 31.2 Å². The van der Waals surface area contributed by atoms with Crippen molar-refractivity contribution < 1.29 is 14.3 Å². The van der Waals surface area contributed by atoms with E-state index in [0.29, 0.717) is 13.0 Å². The predicted molar refractivity (Wildman–Crippen MR) is 92.8 cm³/mol. The molecule has 8 heteroatoms. The fraction of sp³-hybridized carbons (Fsp3) is 0.294. The summed E-state index contributed by atoms with van der Waals surface area (Å²) in [6.07, 6.45) is 3.17. The third-order valence-corrected chi connectivity index (χ3v) is 3.57. The number of carbonyl (C=O) groups excluding carboxylic acids is 2. The Bertz CT molecular complexity index is 733. The second-order valence-electron chi connectivity index (χ2n) is 5.38. The molecule has 8 nitrogen and oxygen atoms in total. The third kappa shape index (κ3) is 5.17. The summed E-state index contributed by atoms with van der Waals surface area (Å²) in [7, 11) is 0. The van der Waals surface area contributed by atoms with Gasteiger partial charge in [-0.3, -0.25) is 9.59 Å². The fourth-order valence-electron chi connectivity index (χ4n) is 2.27. The number of carbonyl (C=O) groups is 2. The van der Waals surface area contributed by atoms with Crippen molar-refractivity contribution in [2.24, 2.45) is 11.7 Å². The molecule has 1 heterocycles. The molecule has 0 aliphatic heterocycles. The van der Waals surface area contributed by atoms with E-state index >= 15 is 0 Å². The van der Waals surface area contributed by atoms with E-state index in [-0.39, 0.29) is 18.1 Å². The fourth-order valence-corrected chi connectivity index (χ4v) is 2.27. The lowest BCUT2D eigenvalue weighted by molar-refractivity contribution is -0.121. The number of hydrogen-bond acceptors (Lipinski definition) is 6. The van der Waals surface area contributed by atoms with Crippen molar-refractivity contribution in [3.05, 3.63) is 47.9 Å². The second kappa shape index (κ2) is 8.62. The number of hydrogen-bond donors (Lipinski definition) is 3. The lowest BCUT2D eigenvalue weighted by Gasteiger charge is -2.15. The van der Waals surface area contributed by atoms with Crippen LogP contribution in [0.3, 0.4) is 0 Å². The van der Waals surface area contributed by atoms with Crippen molar-refractivity contribution in [1.82, 2.24) is 15.3 Å². The number of nitrogens with zero attached hydrogens (tertiary/aromatic N) is 2. The van der Waals surface area contributed by atoms with Crippen molar-refractivity contribution in [1.29, 1.82) is 0 Å². The topological polar surface area (TPSA) is 133 Å². The van der Waals surface area contributed by atoms with Gasteiger partial charge in [0.15, 0.2) is 11.5 Å². The second-order valence-corrected chi connectivity index (χ2v) is 5.38. The largest absolute Gasteiger partial charge is 0.494 e. The van der Waals surface area contributed by atoms with Crippen LogP contribution in [-0.2, 0) is 11.2 Å². The van der Waals surface area contributed by atoms with E-state index < -0.39 is 17.7 Å². The van der Waals surface area contributed by atoms with Gasteiger partial charge in [-0.2, -0.15) is 0 Å². The van der Waals surface area contributed by atoms with Crippen LogP contribution in [0, 0.1) is 5.92 Å². The number of nitrogens with two attached hydrogens (primary N) is 2. The smallest absolute Gasteiger partial charge is 0.273 e. The number of nitrogens with one attached hydrogen (secondary N) is 1. The maximum Gasteiger partial charge on any atom is 0.273 e. The van der Waals surface area contributed by atoms with E-state index in [9.17, 15) is 9.59 Å². The minimum atomic E-state index is -0.556. The lowest BCUT2D eigenvalue weighted by atomic mass is 9.98. The zero-order valence-electron chi connectivity index (χ0n) is 13.9. The van der Waals surface area contributed by atoms with Crippen molar-refractivity contribution in [3.8, 4) is 5.75 Å². The molecule has 0 saturated carbocycles. The quantitative estimate of drug-likeness (QED) is 0.640. The molecule has 2 amide bonds. The molecule has 1 aromatic carbocycles. The van der Waals surface area contributed by atoms with E-state index in [1.54, 1.807) is 0 Å². The highest BCUT2D eigenvalue weighted by atomic mass is 16.5. The maximum atomic E-state index is 12.1. The first-order valence-corrected chi connectivity index (χ1v) is 7.87. The summed E-state index contributed by atoms with van der Waals surface area (Å²) in [4.78, 5) is 31.5. The lowest BCUT2D eigenvalue weighted by Crippen LogP contribution is -2.37. The Labute approximate surface area is 145 Å². The molecule has 2 rings (SSSR count). The van der Waals surface area contributed by atoms with Gasteiger partial charge in [0.2, 0.25) is 5.91 Å². The summed E-state index contributed by atoms with van der Waals surface area (Å²) >= 11 is 0. The van der Waals surface area contributed by atoms with Gasteiger partial charge >= 0.3 is 0 Å². The van der Waals surface area contributed by atoms with Crippen LogP contribution >= 0.6 is 0 Å². The van der Waals surface area contributed by atoms with Gasteiger partial charge in [-0.25, -0.2) is 9.97 Å². The Balaban J connectivity index is 1.98. The third-order valence-electron chi connectivity index (χ3n) is 3.57. The monoisotopic (exact) mass is 343 g/mol. The summed E-state index contributed by atoms with van der Waals surface area (Å²) in [5, 5.41) is 2.63. The molecule has 0 aliphatic rings. The summed E-state index contributed by atoms with van der Waals surface area (Å²) in [5.74, 6) is -0.764. The van der Waals surface area contributed by atoms with Crippen LogP contribution < -0.4 is 21.5 Å². The number of nitrogen functional groups attached to an aromatic ring is 1. The Morgan fingerprint density at radius 3 is 2.48 bits per heavy atom. The standard InChI is InChI=1S/C17H21N5O3/c1-2-25-13-5-3-11(4-6-13)9-12(16(19)23)10-22-17(24)14-15(18)21-8-7-20-14/h3-8,12H,2,9-10H2,1H3,(H2,18,21)(H2,19,23)(H,22,24)/t12-/m0/s1. The molecule has 1 aromatic heterocycles. The van der Waals surface area contributed by atoms with Gasteiger partial charge in [0.25, 0.3) is 5.91 Å². The molecule has 1 atom stereocenters. The van der Waals surface area contributed by atoms with Crippen molar-refractivity contribution in [2.75, 3.05) is 18.9 Å². The van der Waals surface area contributed by atoms with Crippen molar-refractivity contribution in [3.63, 3.8) is 0 Å². The first-order chi connectivity index (χ1) is 12.0. The van der Waals surface area contributed by atoms with E-state index in [1.165, 1.54) is 12.4 Å². The van der Waals surface area contributed by atoms with Gasteiger partial charge in [-0.1, -0.05) is 12.1 Å². The molecule has 0 saturated heterocycles. The molecule has 0 aliphatic carbocycles. The van der Waals surface area contributed by atoms with Crippen LogP contribution in [-0.4, -0.2) is 34.9 Å². The molecule has 0 bridgehead atoms. The van der Waals surface area contributed by atoms with E-state index in [4.69, 9.17) is 16.2 Å². The zero-order valence-corrected chi connectivity index (χ0v) is 13.9. The maximum absolute atomic E-state index is 12.1. The van der Waals surface area contributed by atoms with Crippen LogP contribution in [0.2, 0.25) is 0 Å². The van der Waals surface area contributed by atoms with Gasteiger partial charge in [-0.15, -0.1) is 0 Å². The highest BCUT2D eigenvalue weighted by molar-refractivity contribution is 5.96. The molecule has 132 valence electrons. The summed E-state index contributed by atoms with van der Waals surface area (Å²) in [6, 6.07) is 7.39. The van der Waals surface area contributed by atoms with E-state index in [2.05, 4.69) is 15.3 Å². The van der Waals surface area contributed by atoms with Gasteiger partial charge in [-0.05, 0) is 31.0 Å². The molecule has 2 aromatic rings. The van der Waals surface area contributed by atoms with Gasteiger partial charge < -0.3 is 21.5 Å². The van der Waals surface area contributed by atoms with Crippen molar-refractivity contribution in [2.45, 2.75) is 13.3 Å². The normalized spacial score (nSPS) is 11.6. The SMILES string of the molecule is CCOc1ccc(C[C@@H](CNC(=O)c2nccnc2N)C(N)=O)cc1. The molecule has 5 N–H and O–H groups in total. The number of aromatic nitrogens is 2. The van der Waals surface area contributed by atoms with Crippen LogP contribution in [0.1, 0.15) is 23.0 Å². The predicted octanol–water partition coefficient (Wildman–Crippen LogP) is 0.532. The Hall–Kier alpha value is -3.16. The van der Waals surface area contributed by atoms with Crippen LogP contribution in [0.15, 0.2) is 36.7 Å². The number of rotatable bonds is 8. The molecular formula is C17H21N5O3. The Morgan fingerprint density at radius 2 is 1.88 bits per heavy atom. The molecule has 25 heavy (non-hydrogen) atoms. The molecule has 0 spiro atoms. The molecule has 0 fully saturated rings.